The molecule has 1 aromatic carbocycles. The van der Waals surface area contributed by atoms with E-state index in [9.17, 15) is 14.9 Å². The molecule has 0 bridgehead atoms. The van der Waals surface area contributed by atoms with Gasteiger partial charge in [0.25, 0.3) is 0 Å². The predicted molar refractivity (Wildman–Crippen MR) is 94.3 cm³/mol. The fourth-order valence-electron chi connectivity index (χ4n) is 2.16. The number of nitrogens with one attached hydrogen (secondary N) is 2. The number of rotatable bonds is 4. The van der Waals surface area contributed by atoms with Crippen molar-refractivity contribution in [1.29, 1.82) is 10.5 Å². The topological polar surface area (TPSA) is 106 Å². The molecule has 8 heteroatoms. The number of benzene rings is 1. The summed E-state index contributed by atoms with van der Waals surface area (Å²) in [5, 5.41) is 23.9. The Morgan fingerprint density at radius 2 is 2.04 bits per heavy atom. The summed E-state index contributed by atoms with van der Waals surface area (Å²) >= 11 is 4.39. The Labute approximate surface area is 152 Å². The average molecular weight is 405 g/mol. The highest BCUT2D eigenvalue weighted by Crippen LogP contribution is 2.31. The minimum absolute atomic E-state index is 0.0425. The molecule has 1 heterocycles. The van der Waals surface area contributed by atoms with E-state index < -0.39 is 17.7 Å². The van der Waals surface area contributed by atoms with Crippen LogP contribution >= 0.6 is 27.7 Å². The summed E-state index contributed by atoms with van der Waals surface area (Å²) in [6.45, 7) is 1.66. The maximum atomic E-state index is 12.0. The molecule has 0 spiro atoms. The second kappa shape index (κ2) is 8.00. The van der Waals surface area contributed by atoms with E-state index in [1.54, 1.807) is 19.1 Å². The lowest BCUT2D eigenvalue weighted by Gasteiger charge is -2.25. The van der Waals surface area contributed by atoms with Crippen LogP contribution in [-0.2, 0) is 9.59 Å². The van der Waals surface area contributed by atoms with E-state index in [-0.39, 0.29) is 11.7 Å². The monoisotopic (exact) mass is 404 g/mol. The first-order valence-corrected chi connectivity index (χ1v) is 8.77. The molecule has 1 aromatic rings. The zero-order chi connectivity index (χ0) is 17.7. The van der Waals surface area contributed by atoms with Crippen LogP contribution in [-0.4, -0.2) is 17.6 Å². The highest BCUT2D eigenvalue weighted by Gasteiger charge is 2.35. The van der Waals surface area contributed by atoms with Crippen molar-refractivity contribution in [1.82, 2.24) is 5.32 Å². The molecular weight excluding hydrogens is 392 g/mol. The van der Waals surface area contributed by atoms with Gasteiger partial charge in [-0.3, -0.25) is 9.59 Å². The van der Waals surface area contributed by atoms with Gasteiger partial charge in [-0.25, -0.2) is 0 Å². The molecule has 2 N–H and O–H groups in total. The van der Waals surface area contributed by atoms with E-state index in [1.165, 1.54) is 0 Å². The van der Waals surface area contributed by atoms with Gasteiger partial charge in [-0.2, -0.15) is 10.5 Å². The number of hydrogen-bond donors (Lipinski definition) is 2. The number of nitriles is 2. The normalized spacial score (nSPS) is 19.9. The van der Waals surface area contributed by atoms with Gasteiger partial charge in [0.15, 0.2) is 0 Å². The third-order valence-corrected chi connectivity index (χ3v) is 5.00. The van der Waals surface area contributed by atoms with E-state index in [4.69, 9.17) is 5.26 Å². The maximum Gasteiger partial charge on any atom is 0.242 e. The fraction of sp³-hybridized carbons (Fsp3) is 0.250. The molecular formula is C16H13BrN4O2S. The number of nitrogens with zero attached hydrogens (tertiary/aromatic N) is 2. The molecule has 0 radical (unpaired) electrons. The number of amides is 2. The van der Waals surface area contributed by atoms with E-state index in [1.807, 2.05) is 24.3 Å². The predicted octanol–water partition coefficient (Wildman–Crippen LogP) is 2.76. The zero-order valence-corrected chi connectivity index (χ0v) is 15.1. The van der Waals surface area contributed by atoms with Crippen molar-refractivity contribution in [3.63, 3.8) is 0 Å². The number of hydrogen-bond acceptors (Lipinski definition) is 5. The lowest BCUT2D eigenvalue weighted by Crippen LogP contribution is -2.39. The Kier molecular flexibility index (Phi) is 6.02. The summed E-state index contributed by atoms with van der Waals surface area (Å²) in [6, 6.07) is 11.1. The first-order chi connectivity index (χ1) is 11.5. The summed E-state index contributed by atoms with van der Waals surface area (Å²) < 4.78 is 0.907. The quantitative estimate of drug-likeness (QED) is 0.802. The van der Waals surface area contributed by atoms with Crippen LogP contribution in [0.1, 0.15) is 6.92 Å². The van der Waals surface area contributed by atoms with E-state index in [2.05, 4.69) is 26.6 Å². The molecule has 1 aliphatic heterocycles. The van der Waals surface area contributed by atoms with Gasteiger partial charge < -0.3 is 10.6 Å². The van der Waals surface area contributed by atoms with Crippen molar-refractivity contribution in [3.05, 3.63) is 39.3 Å². The lowest BCUT2D eigenvalue weighted by atomic mass is 9.86. The van der Waals surface area contributed by atoms with Crippen molar-refractivity contribution >= 4 is 45.2 Å². The Hall–Kier alpha value is -2.29. The Morgan fingerprint density at radius 3 is 2.62 bits per heavy atom. The Morgan fingerprint density at radius 1 is 1.38 bits per heavy atom. The first-order valence-electron chi connectivity index (χ1n) is 6.99. The molecule has 0 aromatic heterocycles. The summed E-state index contributed by atoms with van der Waals surface area (Å²) in [7, 11) is 0. The van der Waals surface area contributed by atoms with Crippen molar-refractivity contribution in [2.45, 2.75) is 6.92 Å². The number of carbonyl (C=O) groups is 2. The molecule has 0 fully saturated rings. The molecule has 1 aliphatic rings. The van der Waals surface area contributed by atoms with Gasteiger partial charge in [-0.05, 0) is 24.3 Å². The molecule has 24 heavy (non-hydrogen) atoms. The number of carbonyl (C=O) groups excluding carboxylic acids is 2. The van der Waals surface area contributed by atoms with Gasteiger partial charge in [-0.1, -0.05) is 34.6 Å². The molecule has 2 amide bonds. The molecule has 2 unspecified atom stereocenters. The SMILES string of the molecule is CC1C(C#N)=C(SCC(=O)Nc2ccc(Br)cc2)NC(=O)C1C#N. The van der Waals surface area contributed by atoms with Crippen LogP contribution in [0.25, 0.3) is 0 Å². The summed E-state index contributed by atoms with van der Waals surface area (Å²) in [5.74, 6) is -2.04. The van der Waals surface area contributed by atoms with Gasteiger partial charge in [0.2, 0.25) is 11.8 Å². The van der Waals surface area contributed by atoms with Crippen molar-refractivity contribution in [2.75, 3.05) is 11.1 Å². The number of anilines is 1. The van der Waals surface area contributed by atoms with Gasteiger partial charge in [-0.15, -0.1) is 0 Å². The van der Waals surface area contributed by atoms with Crippen LogP contribution in [0.2, 0.25) is 0 Å². The van der Waals surface area contributed by atoms with Gasteiger partial charge >= 0.3 is 0 Å². The van der Waals surface area contributed by atoms with Crippen LogP contribution in [0, 0.1) is 34.5 Å². The van der Waals surface area contributed by atoms with E-state index >= 15 is 0 Å². The maximum absolute atomic E-state index is 12.0. The highest BCUT2D eigenvalue weighted by molar-refractivity contribution is 9.10. The summed E-state index contributed by atoms with van der Waals surface area (Å²) in [6.07, 6.45) is 0. The second-order valence-electron chi connectivity index (χ2n) is 5.08. The van der Waals surface area contributed by atoms with Gasteiger partial charge in [0, 0.05) is 16.1 Å². The summed E-state index contributed by atoms with van der Waals surface area (Å²) in [5.41, 5.74) is 0.978. The van der Waals surface area contributed by atoms with Crippen molar-refractivity contribution in [2.24, 2.45) is 11.8 Å². The molecule has 6 nitrogen and oxygen atoms in total. The number of thioether (sulfide) groups is 1. The zero-order valence-electron chi connectivity index (χ0n) is 12.7. The van der Waals surface area contributed by atoms with Crippen LogP contribution in [0.4, 0.5) is 5.69 Å². The van der Waals surface area contributed by atoms with Gasteiger partial charge in [0.05, 0.1) is 28.5 Å². The molecule has 0 aliphatic carbocycles. The van der Waals surface area contributed by atoms with Crippen LogP contribution < -0.4 is 10.6 Å². The standard InChI is InChI=1S/C16H13BrN4O2S/c1-9-12(6-18)15(23)21-16(13(9)7-19)24-8-14(22)20-11-4-2-10(17)3-5-11/h2-5,9,12H,8H2,1H3,(H,20,22)(H,21,23). The van der Waals surface area contributed by atoms with Crippen molar-refractivity contribution in [3.8, 4) is 12.1 Å². The molecule has 122 valence electrons. The largest absolute Gasteiger partial charge is 0.325 e. The van der Waals surface area contributed by atoms with E-state index in [0.717, 1.165) is 16.2 Å². The van der Waals surface area contributed by atoms with Gasteiger partial charge in [0.1, 0.15) is 5.92 Å². The van der Waals surface area contributed by atoms with Crippen LogP contribution in [0.5, 0.6) is 0 Å². The molecule has 2 atom stereocenters. The van der Waals surface area contributed by atoms with Crippen LogP contribution in [0.3, 0.4) is 0 Å². The third kappa shape index (κ3) is 4.16. The molecule has 2 rings (SSSR count). The molecule has 0 saturated heterocycles. The Balaban J connectivity index is 2.03. The Bertz CT molecular complexity index is 777. The highest BCUT2D eigenvalue weighted by atomic mass is 79.9. The molecule has 0 saturated carbocycles. The fourth-order valence-corrected chi connectivity index (χ4v) is 3.33. The second-order valence-corrected chi connectivity index (χ2v) is 6.98. The van der Waals surface area contributed by atoms with Crippen molar-refractivity contribution < 1.29 is 9.59 Å². The van der Waals surface area contributed by atoms with E-state index in [0.29, 0.717) is 16.3 Å². The average Bonchev–Trinajstić information content (AvgIpc) is 2.55. The number of allylic oxidation sites excluding steroid dienone is 1. The third-order valence-electron chi connectivity index (χ3n) is 3.45. The lowest BCUT2D eigenvalue weighted by molar-refractivity contribution is -0.124. The first kappa shape index (κ1) is 18.1. The smallest absolute Gasteiger partial charge is 0.242 e. The minimum Gasteiger partial charge on any atom is -0.325 e. The number of halogens is 1. The summed E-state index contributed by atoms with van der Waals surface area (Å²) in [4.78, 5) is 23.9. The minimum atomic E-state index is -0.888. The van der Waals surface area contributed by atoms with Crippen LogP contribution in [0.15, 0.2) is 39.3 Å².